The molecule has 0 saturated heterocycles. The van der Waals surface area contributed by atoms with Gasteiger partial charge in [-0.05, 0) is 68.8 Å². The van der Waals surface area contributed by atoms with Crippen LogP contribution in [0.25, 0.3) is 94.7 Å². The van der Waals surface area contributed by atoms with Crippen LogP contribution in [0.3, 0.4) is 0 Å². The van der Waals surface area contributed by atoms with E-state index >= 15 is 0 Å². The van der Waals surface area contributed by atoms with Crippen molar-refractivity contribution in [2.75, 3.05) is 0 Å². The molecule has 5 heteroatoms. The smallest absolute Gasteiger partial charge is 0.238 e. The maximum atomic E-state index is 6.54. The quantitative estimate of drug-likeness (QED) is 0.182. The van der Waals surface area contributed by atoms with Gasteiger partial charge in [-0.15, -0.1) is 0 Å². The molecule has 0 saturated carbocycles. The molecule has 1 spiro atoms. The molecule has 13 rings (SSSR count). The minimum atomic E-state index is -0.510. The van der Waals surface area contributed by atoms with Gasteiger partial charge < -0.3 is 4.42 Å². The molecule has 11 aromatic rings. The maximum absolute atomic E-state index is 6.54. The third-order valence-electron chi connectivity index (χ3n) is 12.3. The second kappa shape index (κ2) is 11.2. The highest BCUT2D eigenvalue weighted by molar-refractivity contribution is 6.16. The predicted molar refractivity (Wildman–Crippen MR) is 229 cm³/mol. The number of hydrogen-bond donors (Lipinski definition) is 0. The molecule has 2 aliphatic carbocycles. The summed E-state index contributed by atoms with van der Waals surface area (Å²) in [6.45, 7) is 0. The Morgan fingerprint density at radius 2 is 0.982 bits per heavy atom. The molecule has 8 aromatic carbocycles. The molecule has 0 unspecified atom stereocenters. The van der Waals surface area contributed by atoms with Crippen LogP contribution >= 0.6 is 0 Å². The van der Waals surface area contributed by atoms with E-state index < -0.39 is 5.41 Å². The minimum Gasteiger partial charge on any atom is -0.455 e. The Kier molecular flexibility index (Phi) is 6.04. The molecule has 264 valence electrons. The molecular weight excluding hydrogens is 697 g/mol. The van der Waals surface area contributed by atoms with Crippen LogP contribution in [0, 0.1) is 0 Å². The lowest BCUT2D eigenvalue weighted by molar-refractivity contribution is 0.669. The van der Waals surface area contributed by atoms with Crippen LogP contribution in [-0.2, 0) is 5.41 Å². The molecule has 0 aliphatic heterocycles. The van der Waals surface area contributed by atoms with E-state index in [0.29, 0.717) is 17.6 Å². The number of hydrogen-bond acceptors (Lipinski definition) is 4. The Morgan fingerprint density at radius 1 is 0.404 bits per heavy atom. The lowest BCUT2D eigenvalue weighted by atomic mass is 9.69. The van der Waals surface area contributed by atoms with Crippen molar-refractivity contribution in [3.63, 3.8) is 0 Å². The molecule has 3 aromatic heterocycles. The summed E-state index contributed by atoms with van der Waals surface area (Å²) in [5.74, 6) is 1.70. The Bertz CT molecular complexity index is 3420. The zero-order valence-electron chi connectivity index (χ0n) is 30.5. The number of benzene rings is 8. The summed E-state index contributed by atoms with van der Waals surface area (Å²) < 4.78 is 8.78. The third kappa shape index (κ3) is 3.94. The fourth-order valence-corrected chi connectivity index (χ4v) is 10.1. The predicted octanol–water partition coefficient (Wildman–Crippen LogP) is 12.5. The number of fused-ring (bicyclic) bond motifs is 17. The summed E-state index contributed by atoms with van der Waals surface area (Å²) in [6, 6.07) is 64.8. The first kappa shape index (κ1) is 30.7. The van der Waals surface area contributed by atoms with Crippen molar-refractivity contribution in [1.29, 1.82) is 0 Å². The van der Waals surface area contributed by atoms with Gasteiger partial charge in [0.25, 0.3) is 0 Å². The van der Waals surface area contributed by atoms with E-state index in [1.54, 1.807) is 0 Å². The van der Waals surface area contributed by atoms with E-state index in [1.165, 1.54) is 49.9 Å². The fraction of sp³-hybridized carbons (Fsp3) is 0.0192. The Morgan fingerprint density at radius 3 is 1.74 bits per heavy atom. The van der Waals surface area contributed by atoms with Crippen LogP contribution in [0.2, 0.25) is 0 Å². The summed E-state index contributed by atoms with van der Waals surface area (Å²) in [5, 5.41) is 4.45. The molecule has 5 nitrogen and oxygen atoms in total. The zero-order valence-corrected chi connectivity index (χ0v) is 30.5. The van der Waals surface area contributed by atoms with Crippen molar-refractivity contribution in [2.45, 2.75) is 5.41 Å². The first-order valence-corrected chi connectivity index (χ1v) is 19.4. The van der Waals surface area contributed by atoms with E-state index in [2.05, 4.69) is 144 Å². The van der Waals surface area contributed by atoms with Crippen molar-refractivity contribution >= 4 is 43.7 Å². The van der Waals surface area contributed by atoms with Crippen molar-refractivity contribution in [3.05, 3.63) is 204 Å². The van der Waals surface area contributed by atoms with Gasteiger partial charge in [0.15, 0.2) is 11.6 Å². The average Bonchev–Trinajstić information content (AvgIpc) is 4.00. The summed E-state index contributed by atoms with van der Waals surface area (Å²) in [5.41, 5.74) is 15.2. The number of nitrogens with zero attached hydrogens (tertiary/aromatic N) is 4. The van der Waals surface area contributed by atoms with E-state index in [0.717, 1.165) is 49.5 Å². The second-order valence-electron chi connectivity index (χ2n) is 15.1. The maximum Gasteiger partial charge on any atom is 0.238 e. The molecular formula is C52H30N4O. The molecule has 57 heavy (non-hydrogen) atoms. The van der Waals surface area contributed by atoms with Crippen LogP contribution in [0.4, 0.5) is 0 Å². The monoisotopic (exact) mass is 726 g/mol. The van der Waals surface area contributed by atoms with Gasteiger partial charge in [0.05, 0.1) is 22.0 Å². The second-order valence-corrected chi connectivity index (χ2v) is 15.1. The molecule has 0 N–H and O–H groups in total. The zero-order chi connectivity index (χ0) is 37.2. The van der Waals surface area contributed by atoms with Crippen LogP contribution in [0.1, 0.15) is 22.3 Å². The Labute approximate surface area is 327 Å². The largest absolute Gasteiger partial charge is 0.455 e. The first-order chi connectivity index (χ1) is 28.3. The minimum absolute atomic E-state index is 0.510. The van der Waals surface area contributed by atoms with Gasteiger partial charge in [-0.3, -0.25) is 4.57 Å². The van der Waals surface area contributed by atoms with Gasteiger partial charge in [-0.1, -0.05) is 158 Å². The van der Waals surface area contributed by atoms with Gasteiger partial charge in [0, 0.05) is 27.1 Å². The summed E-state index contributed by atoms with van der Waals surface area (Å²) in [7, 11) is 0. The standard InChI is InChI=1S/C52H30N4O/c1-2-15-31(16-3-1)49-53-50(39-23-14-22-37-35-20-8-13-28-45(35)57-48(37)39)55-51(54-49)56-43-27-12-7-21-38(43)46-44(56)30-29-36-34-19-6-11-26-42(34)52(47(36)46)40-24-9-4-17-32(40)33-18-5-10-25-41(33)52/h1-30H. The Balaban J connectivity index is 1.16. The van der Waals surface area contributed by atoms with Crippen LogP contribution in [0.15, 0.2) is 186 Å². The average molecular weight is 727 g/mol. The van der Waals surface area contributed by atoms with Crippen LogP contribution in [-0.4, -0.2) is 19.5 Å². The molecule has 0 atom stereocenters. The molecule has 3 heterocycles. The SMILES string of the molecule is c1ccc(-c2nc(-c3cccc4c3oc3ccccc34)nc(-n3c4ccccc4c4c5c(ccc43)-c3ccccc3C53c4ccccc4-c4ccccc43)n2)cc1. The van der Waals surface area contributed by atoms with E-state index in [-0.39, 0.29) is 0 Å². The summed E-state index contributed by atoms with van der Waals surface area (Å²) >= 11 is 0. The summed E-state index contributed by atoms with van der Waals surface area (Å²) in [6.07, 6.45) is 0. The van der Waals surface area contributed by atoms with Crippen molar-refractivity contribution < 1.29 is 4.42 Å². The van der Waals surface area contributed by atoms with E-state index in [1.807, 2.05) is 42.5 Å². The van der Waals surface area contributed by atoms with Gasteiger partial charge in [0.2, 0.25) is 5.95 Å². The van der Waals surface area contributed by atoms with Gasteiger partial charge >= 0.3 is 0 Å². The lowest BCUT2D eigenvalue weighted by Crippen LogP contribution is -2.26. The van der Waals surface area contributed by atoms with Crippen molar-refractivity contribution in [3.8, 4) is 51.0 Å². The molecule has 0 amide bonds. The molecule has 0 radical (unpaired) electrons. The summed E-state index contributed by atoms with van der Waals surface area (Å²) in [4.78, 5) is 15.8. The van der Waals surface area contributed by atoms with Crippen LogP contribution < -0.4 is 0 Å². The van der Waals surface area contributed by atoms with Gasteiger partial charge in [-0.25, -0.2) is 4.98 Å². The first-order valence-electron chi connectivity index (χ1n) is 19.4. The van der Waals surface area contributed by atoms with E-state index in [4.69, 9.17) is 19.4 Å². The molecule has 0 fully saturated rings. The highest BCUT2D eigenvalue weighted by Crippen LogP contribution is 2.64. The number of para-hydroxylation sites is 3. The highest BCUT2D eigenvalue weighted by Gasteiger charge is 2.52. The highest BCUT2D eigenvalue weighted by atomic mass is 16.3. The van der Waals surface area contributed by atoms with E-state index in [9.17, 15) is 0 Å². The third-order valence-corrected chi connectivity index (χ3v) is 12.3. The lowest BCUT2D eigenvalue weighted by Gasteiger charge is -2.31. The van der Waals surface area contributed by atoms with Crippen molar-refractivity contribution in [1.82, 2.24) is 19.5 Å². The van der Waals surface area contributed by atoms with Crippen LogP contribution in [0.5, 0.6) is 0 Å². The number of rotatable bonds is 3. The molecule has 0 bridgehead atoms. The topological polar surface area (TPSA) is 56.7 Å². The normalized spacial score (nSPS) is 13.4. The number of furan rings is 1. The Hall–Kier alpha value is -7.63. The number of aromatic nitrogens is 4. The van der Waals surface area contributed by atoms with Gasteiger partial charge in [0.1, 0.15) is 11.2 Å². The molecule has 2 aliphatic rings. The van der Waals surface area contributed by atoms with Crippen molar-refractivity contribution in [2.24, 2.45) is 0 Å². The fourth-order valence-electron chi connectivity index (χ4n) is 10.1. The van der Waals surface area contributed by atoms with Gasteiger partial charge in [-0.2, -0.15) is 9.97 Å².